The molecule has 0 heterocycles. The molecule has 0 unspecified atom stereocenters. The Morgan fingerprint density at radius 1 is 0.378 bits per heavy atom. The summed E-state index contributed by atoms with van der Waals surface area (Å²) < 4.78 is 0. The van der Waals surface area contributed by atoms with E-state index in [0.717, 1.165) is 0 Å². The van der Waals surface area contributed by atoms with Gasteiger partial charge in [0.25, 0.3) is 0 Å². The first-order valence-electron chi connectivity index (χ1n) is 17.4. The molecule has 0 radical (unpaired) electrons. The molecule has 0 spiro atoms. The number of hydrogen-bond acceptors (Lipinski definition) is 0. The van der Waals surface area contributed by atoms with E-state index in [-0.39, 0.29) is 0 Å². The molecule has 0 N–H and O–H groups in total. The molecule has 3 heteroatoms. The number of rotatable bonds is 30. The number of unbranched alkanes of at least 4 members (excludes halogenated alkanes) is 20. The monoisotopic (exact) mass is 575 g/mol. The molecule has 0 aromatic carbocycles. The first kappa shape index (κ1) is 37.9. The van der Waals surface area contributed by atoms with Gasteiger partial charge in [-0.3, -0.25) is 0 Å². The van der Waals surface area contributed by atoms with Gasteiger partial charge in [0.15, 0.2) is 0 Å². The minimum Gasteiger partial charge on any atom is -0.168 e. The molecule has 0 amide bonds. The molecular formula is C34H73ClPSi+. The van der Waals surface area contributed by atoms with Crippen LogP contribution in [0.5, 0.6) is 0 Å². The molecule has 0 saturated heterocycles. The molecule has 0 aliphatic rings. The van der Waals surface area contributed by atoms with Crippen molar-refractivity contribution in [3.05, 3.63) is 0 Å². The Kier molecular flexibility index (Phi) is 27.8. The fourth-order valence-electron chi connectivity index (χ4n) is 6.05. The summed E-state index contributed by atoms with van der Waals surface area (Å²) >= 11 is 6.52. The highest BCUT2D eigenvalue weighted by molar-refractivity contribution is 7.75. The van der Waals surface area contributed by atoms with Gasteiger partial charge in [-0.05, 0) is 57.4 Å². The fraction of sp³-hybridized carbons (Fsp3) is 1.00. The zero-order valence-corrected chi connectivity index (χ0v) is 29.5. The highest BCUT2D eigenvalue weighted by atomic mass is 35.6. The third kappa shape index (κ3) is 26.9. The molecule has 0 aliphatic heterocycles. The third-order valence-electron chi connectivity index (χ3n) is 8.61. The lowest BCUT2D eigenvalue weighted by atomic mass is 10.1. The van der Waals surface area contributed by atoms with Gasteiger partial charge in [0, 0.05) is 7.26 Å². The van der Waals surface area contributed by atoms with Crippen molar-refractivity contribution >= 4 is 25.7 Å². The summed E-state index contributed by atoms with van der Waals surface area (Å²) in [7, 11) is -2.11. The van der Waals surface area contributed by atoms with Crippen molar-refractivity contribution in [3.8, 4) is 0 Å². The van der Waals surface area contributed by atoms with Crippen molar-refractivity contribution in [2.24, 2.45) is 0 Å². The van der Waals surface area contributed by atoms with Gasteiger partial charge < -0.3 is 0 Å². The Bertz CT molecular complexity index is 407. The molecule has 0 aliphatic carbocycles. The maximum absolute atomic E-state index is 6.52. The van der Waals surface area contributed by atoms with E-state index in [0.29, 0.717) is 0 Å². The summed E-state index contributed by atoms with van der Waals surface area (Å²) in [5.74, 6) is 0. The van der Waals surface area contributed by atoms with Crippen LogP contribution >= 0.6 is 18.3 Å². The Balaban J connectivity index is 4.76. The van der Waals surface area contributed by atoms with Crippen LogP contribution in [0.1, 0.15) is 175 Å². The number of hydrogen-bond donors (Lipinski definition) is 0. The average molecular weight is 576 g/mol. The van der Waals surface area contributed by atoms with Crippen LogP contribution in [0.25, 0.3) is 0 Å². The minimum absolute atomic E-state index is 0.758. The summed E-state index contributed by atoms with van der Waals surface area (Å²) in [6, 6.07) is 1.30. The largest absolute Gasteiger partial charge is 0.168 e. The lowest BCUT2D eigenvalue weighted by Crippen LogP contribution is -2.15. The third-order valence-corrected chi connectivity index (χ3v) is 15.8. The lowest BCUT2D eigenvalue weighted by Gasteiger charge is -2.28. The van der Waals surface area contributed by atoms with E-state index in [1.165, 1.54) is 141 Å². The van der Waals surface area contributed by atoms with Crippen molar-refractivity contribution in [3.63, 3.8) is 0 Å². The second-order valence-corrected chi connectivity index (χ2v) is 24.6. The van der Waals surface area contributed by atoms with Crippen LogP contribution in [0.15, 0.2) is 0 Å². The van der Waals surface area contributed by atoms with E-state index in [9.17, 15) is 0 Å². The maximum Gasteiger partial charge on any atom is 0.150 e. The molecule has 0 saturated carbocycles. The molecule has 0 bridgehead atoms. The standard InChI is InChI=1S/C34H73ClPSi/c1-6-9-12-15-20-25-30-36(31-26-21-16-13-10-7-2,32-27-22-17-14-11-8-3)33-28-23-18-19-24-29-34-37(4,5)35/h6-34H2,1-5H3/q+1. The summed E-state index contributed by atoms with van der Waals surface area (Å²) in [4.78, 5) is 0. The van der Waals surface area contributed by atoms with E-state index in [1.54, 1.807) is 43.9 Å². The van der Waals surface area contributed by atoms with Gasteiger partial charge in [0.2, 0.25) is 0 Å². The topological polar surface area (TPSA) is 0 Å². The second-order valence-electron chi connectivity index (χ2n) is 13.1. The Labute approximate surface area is 243 Å². The van der Waals surface area contributed by atoms with Crippen molar-refractivity contribution in [2.75, 3.05) is 24.6 Å². The van der Waals surface area contributed by atoms with Crippen molar-refractivity contribution < 1.29 is 0 Å². The Morgan fingerprint density at radius 2 is 0.622 bits per heavy atom. The zero-order valence-electron chi connectivity index (χ0n) is 26.8. The molecule has 0 fully saturated rings. The average Bonchev–Trinajstić information content (AvgIpc) is 2.86. The first-order chi connectivity index (χ1) is 17.9. The Hall–Kier alpha value is 0.937. The summed E-state index contributed by atoms with van der Waals surface area (Å²) in [5.41, 5.74) is 0. The van der Waals surface area contributed by atoms with E-state index in [2.05, 4.69) is 33.9 Å². The first-order valence-corrected chi connectivity index (χ1v) is 24.2. The normalized spacial score (nSPS) is 12.5. The van der Waals surface area contributed by atoms with E-state index < -0.39 is 14.6 Å². The van der Waals surface area contributed by atoms with Gasteiger partial charge in [0.05, 0.1) is 24.6 Å². The molecule has 0 atom stereocenters. The minimum atomic E-state index is -1.35. The van der Waals surface area contributed by atoms with Crippen LogP contribution in [0.2, 0.25) is 19.1 Å². The Morgan fingerprint density at radius 3 is 0.892 bits per heavy atom. The highest BCUT2D eigenvalue weighted by Crippen LogP contribution is 2.61. The van der Waals surface area contributed by atoms with Crippen LogP contribution in [-0.4, -0.2) is 32.0 Å². The van der Waals surface area contributed by atoms with E-state index >= 15 is 0 Å². The summed E-state index contributed by atoms with van der Waals surface area (Å²) in [6.45, 7) is 11.6. The van der Waals surface area contributed by atoms with Gasteiger partial charge in [0.1, 0.15) is 7.38 Å². The molecule has 0 aromatic rings. The van der Waals surface area contributed by atoms with E-state index in [4.69, 9.17) is 11.1 Å². The summed E-state index contributed by atoms with van der Waals surface area (Å²) in [6.07, 6.45) is 41.8. The van der Waals surface area contributed by atoms with Crippen LogP contribution in [0.3, 0.4) is 0 Å². The van der Waals surface area contributed by atoms with Crippen LogP contribution in [0, 0.1) is 0 Å². The molecule has 0 rings (SSSR count). The number of halogens is 1. The van der Waals surface area contributed by atoms with Gasteiger partial charge >= 0.3 is 0 Å². The van der Waals surface area contributed by atoms with Gasteiger partial charge in [-0.1, -0.05) is 137 Å². The predicted molar refractivity (Wildman–Crippen MR) is 182 cm³/mol. The molecular weight excluding hydrogens is 503 g/mol. The molecule has 0 aromatic heterocycles. The molecule has 0 nitrogen and oxygen atoms in total. The lowest BCUT2D eigenvalue weighted by molar-refractivity contribution is 0.610. The SMILES string of the molecule is CCCCCCCC[P+](CCCCCCCC)(CCCCCCCC)CCCCCCCC[Si](C)(C)Cl. The van der Waals surface area contributed by atoms with Gasteiger partial charge in [-0.2, -0.15) is 11.1 Å². The summed E-state index contributed by atoms with van der Waals surface area (Å²) in [5, 5.41) is 0. The van der Waals surface area contributed by atoms with Crippen molar-refractivity contribution in [1.29, 1.82) is 0 Å². The fourth-order valence-corrected chi connectivity index (χ4v) is 12.5. The van der Waals surface area contributed by atoms with Gasteiger partial charge in [-0.15, -0.1) is 0 Å². The van der Waals surface area contributed by atoms with Crippen LogP contribution in [-0.2, 0) is 0 Å². The predicted octanol–water partition coefficient (Wildman–Crippen LogP) is 13.9. The van der Waals surface area contributed by atoms with Crippen molar-refractivity contribution in [2.45, 2.75) is 194 Å². The van der Waals surface area contributed by atoms with E-state index in [1.807, 2.05) is 0 Å². The second kappa shape index (κ2) is 27.1. The zero-order chi connectivity index (χ0) is 27.5. The van der Waals surface area contributed by atoms with Crippen molar-refractivity contribution in [1.82, 2.24) is 0 Å². The van der Waals surface area contributed by atoms with Gasteiger partial charge in [-0.25, -0.2) is 0 Å². The quantitative estimate of drug-likeness (QED) is 0.0345. The highest BCUT2D eigenvalue weighted by Gasteiger charge is 2.35. The smallest absolute Gasteiger partial charge is 0.150 e. The molecule has 37 heavy (non-hydrogen) atoms. The maximum atomic E-state index is 6.52. The van der Waals surface area contributed by atoms with Crippen LogP contribution in [0.4, 0.5) is 0 Å². The molecule has 224 valence electrons. The van der Waals surface area contributed by atoms with Crippen LogP contribution < -0.4 is 0 Å².